The highest BCUT2D eigenvalue weighted by atomic mass is 35.5. The van der Waals surface area contributed by atoms with Crippen molar-refractivity contribution >= 4 is 35.5 Å². The quantitative estimate of drug-likeness (QED) is 0.643. The lowest BCUT2D eigenvalue weighted by atomic mass is 10.2. The Labute approximate surface area is 137 Å². The number of thioether (sulfide) groups is 1. The maximum atomic E-state index is 12.7. The Kier molecular flexibility index (Phi) is 6.43. The molecule has 2 aromatic carbocycles. The number of halogens is 2. The van der Waals surface area contributed by atoms with Gasteiger partial charge >= 0.3 is 0 Å². The third-order valence-corrected chi connectivity index (χ3v) is 4.07. The van der Waals surface area contributed by atoms with Crippen molar-refractivity contribution in [1.82, 2.24) is 5.43 Å². The van der Waals surface area contributed by atoms with Crippen molar-refractivity contribution in [2.75, 3.05) is 5.75 Å². The largest absolute Gasteiger partial charge is 0.272 e. The van der Waals surface area contributed by atoms with E-state index in [-0.39, 0.29) is 17.5 Å². The highest BCUT2D eigenvalue weighted by molar-refractivity contribution is 7.99. The number of benzene rings is 2. The molecular weight excluding hydrogens is 323 g/mol. The van der Waals surface area contributed by atoms with Crippen LogP contribution in [0.1, 0.15) is 11.1 Å². The zero-order chi connectivity index (χ0) is 15.8. The van der Waals surface area contributed by atoms with Crippen LogP contribution in [-0.2, 0) is 10.5 Å². The molecule has 0 radical (unpaired) electrons. The molecule has 0 atom stereocenters. The molecular formula is C16H14ClFN2OS. The maximum absolute atomic E-state index is 12.7. The van der Waals surface area contributed by atoms with Gasteiger partial charge in [-0.2, -0.15) is 5.10 Å². The molecule has 2 aromatic rings. The van der Waals surface area contributed by atoms with Gasteiger partial charge in [0.05, 0.1) is 12.0 Å². The van der Waals surface area contributed by atoms with Crippen molar-refractivity contribution in [2.45, 2.75) is 5.75 Å². The Morgan fingerprint density at radius 2 is 1.95 bits per heavy atom. The monoisotopic (exact) mass is 336 g/mol. The van der Waals surface area contributed by atoms with Crippen LogP contribution in [0.4, 0.5) is 4.39 Å². The lowest BCUT2D eigenvalue weighted by molar-refractivity contribution is -0.118. The number of rotatable bonds is 6. The first-order valence-corrected chi connectivity index (χ1v) is 8.07. The lowest BCUT2D eigenvalue weighted by Gasteiger charge is -2.03. The summed E-state index contributed by atoms with van der Waals surface area (Å²) in [5.74, 6) is 0.438. The number of nitrogens with one attached hydrogen (secondary N) is 1. The summed E-state index contributed by atoms with van der Waals surface area (Å²) in [5.41, 5.74) is 4.14. The normalized spacial score (nSPS) is 10.8. The number of hydrazone groups is 1. The number of amides is 1. The van der Waals surface area contributed by atoms with Crippen LogP contribution in [0.15, 0.2) is 53.6 Å². The molecule has 114 valence electrons. The van der Waals surface area contributed by atoms with E-state index in [0.29, 0.717) is 16.3 Å². The smallest absolute Gasteiger partial charge is 0.250 e. The number of carbonyl (C=O) groups excluding carboxylic acids is 1. The van der Waals surface area contributed by atoms with Gasteiger partial charge in [-0.1, -0.05) is 41.9 Å². The molecule has 0 spiro atoms. The summed E-state index contributed by atoms with van der Waals surface area (Å²) in [6.07, 6.45) is 1.47. The van der Waals surface area contributed by atoms with Gasteiger partial charge in [0.1, 0.15) is 5.82 Å². The molecule has 0 unspecified atom stereocenters. The van der Waals surface area contributed by atoms with Crippen LogP contribution in [0.5, 0.6) is 0 Å². The fourth-order valence-electron chi connectivity index (χ4n) is 1.63. The summed E-state index contributed by atoms with van der Waals surface area (Å²) in [6, 6.07) is 13.4. The van der Waals surface area contributed by atoms with Gasteiger partial charge in [0, 0.05) is 10.8 Å². The third-order valence-electron chi connectivity index (χ3n) is 2.72. The van der Waals surface area contributed by atoms with Gasteiger partial charge in [0.15, 0.2) is 0 Å². The van der Waals surface area contributed by atoms with E-state index in [4.69, 9.17) is 11.6 Å². The third kappa shape index (κ3) is 5.50. The van der Waals surface area contributed by atoms with Crippen molar-refractivity contribution in [3.05, 3.63) is 70.5 Å². The Morgan fingerprint density at radius 1 is 1.23 bits per heavy atom. The number of nitrogens with zero attached hydrogens (tertiary/aromatic N) is 1. The standard InChI is InChI=1S/C16H14ClFN2OS/c17-15-4-2-1-3-13(15)10-22-11-16(21)20-19-9-12-5-7-14(18)8-6-12/h1-9H,10-11H2,(H,20,21). The highest BCUT2D eigenvalue weighted by Crippen LogP contribution is 2.20. The van der Waals surface area contributed by atoms with Crippen molar-refractivity contribution in [3.63, 3.8) is 0 Å². The van der Waals surface area contributed by atoms with Crippen LogP contribution in [0.3, 0.4) is 0 Å². The van der Waals surface area contributed by atoms with Crippen LogP contribution in [-0.4, -0.2) is 17.9 Å². The van der Waals surface area contributed by atoms with Gasteiger partial charge in [-0.3, -0.25) is 4.79 Å². The highest BCUT2D eigenvalue weighted by Gasteiger charge is 2.03. The first-order valence-electron chi connectivity index (χ1n) is 6.54. The minimum atomic E-state index is -0.308. The molecule has 0 aromatic heterocycles. The Hall–Kier alpha value is -1.85. The summed E-state index contributed by atoms with van der Waals surface area (Å²) in [6.45, 7) is 0. The Morgan fingerprint density at radius 3 is 2.68 bits per heavy atom. The van der Waals surface area contributed by atoms with Crippen molar-refractivity contribution in [3.8, 4) is 0 Å². The van der Waals surface area contributed by atoms with Crippen LogP contribution < -0.4 is 5.43 Å². The molecule has 1 N–H and O–H groups in total. The van der Waals surface area contributed by atoms with Crippen LogP contribution in [0, 0.1) is 5.82 Å². The van der Waals surface area contributed by atoms with Crippen LogP contribution in [0.2, 0.25) is 5.02 Å². The predicted octanol–water partition coefficient (Wildman–Crippen LogP) is 3.86. The minimum Gasteiger partial charge on any atom is -0.272 e. The first kappa shape index (κ1) is 16.5. The van der Waals surface area contributed by atoms with E-state index in [1.165, 1.54) is 30.1 Å². The van der Waals surface area contributed by atoms with E-state index >= 15 is 0 Å². The molecule has 0 saturated carbocycles. The van der Waals surface area contributed by atoms with E-state index in [0.717, 1.165) is 5.56 Å². The lowest BCUT2D eigenvalue weighted by Crippen LogP contribution is -2.19. The van der Waals surface area contributed by atoms with Crippen molar-refractivity contribution < 1.29 is 9.18 Å². The average Bonchev–Trinajstić information content (AvgIpc) is 2.51. The zero-order valence-corrected chi connectivity index (χ0v) is 13.2. The average molecular weight is 337 g/mol. The SMILES string of the molecule is O=C(CSCc1ccccc1Cl)NN=Cc1ccc(F)cc1. The number of hydrogen-bond donors (Lipinski definition) is 1. The second-order valence-electron chi connectivity index (χ2n) is 4.43. The molecule has 6 heteroatoms. The zero-order valence-electron chi connectivity index (χ0n) is 11.6. The van der Waals surface area contributed by atoms with Gasteiger partial charge in [0.25, 0.3) is 0 Å². The maximum Gasteiger partial charge on any atom is 0.250 e. The van der Waals surface area contributed by atoms with Gasteiger partial charge in [-0.05, 0) is 29.3 Å². The van der Waals surface area contributed by atoms with Crippen LogP contribution in [0.25, 0.3) is 0 Å². The Balaban J connectivity index is 1.72. The topological polar surface area (TPSA) is 41.5 Å². The molecule has 22 heavy (non-hydrogen) atoms. The molecule has 0 saturated heterocycles. The minimum absolute atomic E-state index is 0.199. The summed E-state index contributed by atoms with van der Waals surface area (Å²) in [7, 11) is 0. The molecule has 0 fully saturated rings. The fraction of sp³-hybridized carbons (Fsp3) is 0.125. The molecule has 0 heterocycles. The van der Waals surface area contributed by atoms with E-state index in [1.54, 1.807) is 12.1 Å². The Bertz CT molecular complexity index is 661. The summed E-state index contributed by atoms with van der Waals surface area (Å²) in [4.78, 5) is 11.6. The number of hydrogen-bond acceptors (Lipinski definition) is 3. The predicted molar refractivity (Wildman–Crippen MR) is 89.8 cm³/mol. The molecule has 0 aliphatic carbocycles. The summed E-state index contributed by atoms with van der Waals surface area (Å²) < 4.78 is 12.7. The van der Waals surface area contributed by atoms with E-state index in [9.17, 15) is 9.18 Å². The van der Waals surface area contributed by atoms with Crippen molar-refractivity contribution in [2.24, 2.45) is 5.10 Å². The first-order chi connectivity index (χ1) is 10.6. The van der Waals surface area contributed by atoms with E-state index in [1.807, 2.05) is 24.3 Å². The van der Waals surface area contributed by atoms with Gasteiger partial charge < -0.3 is 0 Å². The summed E-state index contributed by atoms with van der Waals surface area (Å²) >= 11 is 7.49. The molecule has 0 aliphatic heterocycles. The van der Waals surface area contributed by atoms with Gasteiger partial charge in [-0.15, -0.1) is 11.8 Å². The fourth-order valence-corrected chi connectivity index (χ4v) is 2.73. The van der Waals surface area contributed by atoms with Gasteiger partial charge in [-0.25, -0.2) is 9.82 Å². The number of carbonyl (C=O) groups is 1. The second-order valence-corrected chi connectivity index (χ2v) is 5.82. The second kappa shape index (κ2) is 8.56. The van der Waals surface area contributed by atoms with Gasteiger partial charge in [0.2, 0.25) is 5.91 Å². The van der Waals surface area contributed by atoms with Crippen molar-refractivity contribution in [1.29, 1.82) is 0 Å². The molecule has 2 rings (SSSR count). The molecule has 0 bridgehead atoms. The van der Waals surface area contributed by atoms with E-state index < -0.39 is 0 Å². The van der Waals surface area contributed by atoms with Crippen LogP contribution >= 0.6 is 23.4 Å². The summed E-state index contributed by atoms with van der Waals surface area (Å²) in [5, 5.41) is 4.53. The molecule has 1 amide bonds. The van der Waals surface area contributed by atoms with E-state index in [2.05, 4.69) is 10.5 Å². The molecule has 3 nitrogen and oxygen atoms in total. The molecule has 0 aliphatic rings.